The van der Waals surface area contributed by atoms with Gasteiger partial charge in [0.15, 0.2) is 5.96 Å². The summed E-state index contributed by atoms with van der Waals surface area (Å²) in [5.74, 6) is 0.697. The summed E-state index contributed by atoms with van der Waals surface area (Å²) in [6, 6.07) is 0. The van der Waals surface area contributed by atoms with E-state index in [0.29, 0.717) is 0 Å². The topological polar surface area (TPSA) is 65.5 Å². The Morgan fingerprint density at radius 2 is 1.72 bits per heavy atom. The van der Waals surface area contributed by atoms with Crippen molar-refractivity contribution in [2.45, 2.75) is 46.5 Å². The van der Waals surface area contributed by atoms with E-state index in [0.717, 1.165) is 38.4 Å². The number of rotatable bonds is 9. The van der Waals surface area contributed by atoms with Gasteiger partial charge in [0.05, 0.1) is 0 Å². The highest BCUT2D eigenvalue weighted by atomic mass is 16.1. The van der Waals surface area contributed by atoms with Crippen LogP contribution in [0, 0.1) is 0 Å². The molecule has 0 radical (unpaired) electrons. The first kappa shape index (κ1) is 16.7. The van der Waals surface area contributed by atoms with E-state index in [2.05, 4.69) is 27.9 Å². The molecule has 0 atom stereocenters. The molecule has 0 bridgehead atoms. The summed E-state index contributed by atoms with van der Waals surface area (Å²) in [6.45, 7) is 8.82. The highest BCUT2D eigenvalue weighted by Crippen LogP contribution is 1.90. The van der Waals surface area contributed by atoms with Gasteiger partial charge in [-0.3, -0.25) is 4.79 Å². The fraction of sp³-hybridized carbons (Fsp3) is 0.846. The van der Waals surface area contributed by atoms with Crippen molar-refractivity contribution in [2.24, 2.45) is 4.99 Å². The quantitative estimate of drug-likeness (QED) is 0.330. The number of unbranched alkanes of at least 4 members (excludes halogenated alkanes) is 2. The van der Waals surface area contributed by atoms with E-state index in [9.17, 15) is 4.79 Å². The van der Waals surface area contributed by atoms with Crippen LogP contribution in [0.4, 0.5) is 0 Å². The van der Waals surface area contributed by atoms with Gasteiger partial charge in [-0.1, -0.05) is 26.7 Å². The summed E-state index contributed by atoms with van der Waals surface area (Å²) in [5, 5.41) is 9.16. The number of hydrogen-bond acceptors (Lipinski definition) is 2. The molecule has 0 aliphatic heterocycles. The maximum atomic E-state index is 11.4. The van der Waals surface area contributed by atoms with E-state index in [1.165, 1.54) is 12.8 Å². The van der Waals surface area contributed by atoms with Crippen molar-refractivity contribution >= 4 is 11.9 Å². The molecule has 0 saturated carbocycles. The number of hydrogen-bond donors (Lipinski definition) is 3. The van der Waals surface area contributed by atoms with Crippen molar-refractivity contribution in [3.8, 4) is 0 Å². The van der Waals surface area contributed by atoms with E-state index >= 15 is 0 Å². The third-order valence-electron chi connectivity index (χ3n) is 2.37. The molecule has 0 aromatic rings. The second-order valence-electron chi connectivity index (χ2n) is 4.18. The maximum Gasteiger partial charge on any atom is 0.241 e. The zero-order valence-corrected chi connectivity index (χ0v) is 12.0. The average molecular weight is 256 g/mol. The molecule has 0 rings (SSSR count). The van der Waals surface area contributed by atoms with Gasteiger partial charge in [-0.05, 0) is 19.8 Å². The van der Waals surface area contributed by atoms with Crippen LogP contribution in [0.1, 0.15) is 46.5 Å². The number of aliphatic imine (C=N–C) groups is 1. The lowest BCUT2D eigenvalue weighted by molar-refractivity contribution is -0.119. The molecule has 0 aromatic heterocycles. The lowest BCUT2D eigenvalue weighted by Crippen LogP contribution is -2.39. The first-order chi connectivity index (χ1) is 8.74. The predicted molar refractivity (Wildman–Crippen MR) is 76.8 cm³/mol. The summed E-state index contributed by atoms with van der Waals surface area (Å²) >= 11 is 0. The fourth-order valence-electron chi connectivity index (χ4n) is 1.39. The second kappa shape index (κ2) is 12.2. The molecule has 18 heavy (non-hydrogen) atoms. The second-order valence-corrected chi connectivity index (χ2v) is 4.18. The molecule has 0 aliphatic carbocycles. The van der Waals surface area contributed by atoms with Crippen molar-refractivity contribution < 1.29 is 4.79 Å². The Morgan fingerprint density at radius 3 is 2.33 bits per heavy atom. The molecule has 0 heterocycles. The van der Waals surface area contributed by atoms with E-state index in [1.54, 1.807) is 0 Å². The fourth-order valence-corrected chi connectivity index (χ4v) is 1.39. The van der Waals surface area contributed by atoms with E-state index in [-0.39, 0.29) is 12.5 Å². The molecule has 0 spiro atoms. The normalized spacial score (nSPS) is 11.2. The molecule has 3 N–H and O–H groups in total. The molecule has 0 aliphatic rings. The Balaban J connectivity index is 3.94. The molecule has 106 valence electrons. The van der Waals surface area contributed by atoms with Crippen molar-refractivity contribution in [1.29, 1.82) is 0 Å². The van der Waals surface area contributed by atoms with E-state index < -0.39 is 0 Å². The number of carbonyl (C=O) groups excluding carboxylic acids is 1. The highest BCUT2D eigenvalue weighted by Gasteiger charge is 2.00. The molecular weight excluding hydrogens is 228 g/mol. The minimum atomic E-state index is -0.0254. The molecule has 0 saturated heterocycles. The minimum Gasteiger partial charge on any atom is -0.357 e. The van der Waals surface area contributed by atoms with Gasteiger partial charge in [0.1, 0.15) is 6.54 Å². The highest BCUT2D eigenvalue weighted by molar-refractivity contribution is 5.84. The molecule has 0 unspecified atom stereocenters. The summed E-state index contributed by atoms with van der Waals surface area (Å²) < 4.78 is 0. The van der Waals surface area contributed by atoms with Crippen molar-refractivity contribution in [3.05, 3.63) is 0 Å². The SMILES string of the molecule is CCCCCNC(=NCC(=O)NCCC)NCC. The zero-order chi connectivity index (χ0) is 13.6. The summed E-state index contributed by atoms with van der Waals surface area (Å²) in [4.78, 5) is 15.7. The Hall–Kier alpha value is -1.26. The Bertz CT molecular complexity index is 241. The monoisotopic (exact) mass is 256 g/mol. The van der Waals surface area contributed by atoms with Crippen molar-refractivity contribution in [3.63, 3.8) is 0 Å². The van der Waals surface area contributed by atoms with E-state index in [4.69, 9.17) is 0 Å². The van der Waals surface area contributed by atoms with Gasteiger partial charge in [0.2, 0.25) is 5.91 Å². The van der Waals surface area contributed by atoms with Gasteiger partial charge in [-0.2, -0.15) is 0 Å². The lowest BCUT2D eigenvalue weighted by Gasteiger charge is -2.10. The van der Waals surface area contributed by atoms with Crippen LogP contribution in [-0.2, 0) is 4.79 Å². The van der Waals surface area contributed by atoms with Gasteiger partial charge < -0.3 is 16.0 Å². The first-order valence-corrected chi connectivity index (χ1v) is 7.03. The summed E-state index contributed by atoms with van der Waals surface area (Å²) in [6.07, 6.45) is 4.49. The molecule has 0 aromatic carbocycles. The van der Waals surface area contributed by atoms with Gasteiger partial charge in [-0.25, -0.2) is 4.99 Å². The standard InChI is InChI=1S/C13H28N4O/c1-4-7-8-10-16-13(14-6-3)17-11-12(18)15-9-5-2/h4-11H2,1-3H3,(H,15,18)(H2,14,16,17). The number of guanidine groups is 1. The van der Waals surface area contributed by atoms with Crippen LogP contribution < -0.4 is 16.0 Å². The van der Waals surface area contributed by atoms with Crippen LogP contribution in [0.2, 0.25) is 0 Å². The van der Waals surface area contributed by atoms with E-state index in [1.807, 2.05) is 13.8 Å². The number of amides is 1. The van der Waals surface area contributed by atoms with Crippen LogP contribution in [0.3, 0.4) is 0 Å². The average Bonchev–Trinajstić information content (AvgIpc) is 2.38. The Kier molecular flexibility index (Phi) is 11.3. The molecule has 5 heteroatoms. The van der Waals surface area contributed by atoms with Crippen LogP contribution in [0.15, 0.2) is 4.99 Å². The molecule has 1 amide bonds. The first-order valence-electron chi connectivity index (χ1n) is 7.03. The number of nitrogens with zero attached hydrogens (tertiary/aromatic N) is 1. The van der Waals surface area contributed by atoms with Gasteiger partial charge >= 0.3 is 0 Å². The van der Waals surface area contributed by atoms with Crippen LogP contribution >= 0.6 is 0 Å². The number of nitrogens with one attached hydrogen (secondary N) is 3. The third-order valence-corrected chi connectivity index (χ3v) is 2.37. The smallest absolute Gasteiger partial charge is 0.241 e. The lowest BCUT2D eigenvalue weighted by atomic mass is 10.2. The van der Waals surface area contributed by atoms with Crippen LogP contribution in [0.25, 0.3) is 0 Å². The van der Waals surface area contributed by atoms with Gasteiger partial charge in [0.25, 0.3) is 0 Å². The maximum absolute atomic E-state index is 11.4. The van der Waals surface area contributed by atoms with Crippen LogP contribution in [-0.4, -0.2) is 38.0 Å². The van der Waals surface area contributed by atoms with Crippen LogP contribution in [0.5, 0.6) is 0 Å². The summed E-state index contributed by atoms with van der Waals surface area (Å²) in [7, 11) is 0. The molecular formula is C13H28N4O. The Labute approximate surface area is 111 Å². The minimum absolute atomic E-state index is 0.0254. The van der Waals surface area contributed by atoms with Crippen molar-refractivity contribution in [2.75, 3.05) is 26.2 Å². The van der Waals surface area contributed by atoms with Gasteiger partial charge in [-0.15, -0.1) is 0 Å². The zero-order valence-electron chi connectivity index (χ0n) is 12.0. The predicted octanol–water partition coefficient (Wildman–Crippen LogP) is 1.26. The summed E-state index contributed by atoms with van der Waals surface area (Å²) in [5.41, 5.74) is 0. The number of carbonyl (C=O) groups is 1. The molecule has 5 nitrogen and oxygen atoms in total. The van der Waals surface area contributed by atoms with Gasteiger partial charge in [0, 0.05) is 19.6 Å². The Morgan fingerprint density at radius 1 is 0.944 bits per heavy atom. The molecule has 0 fully saturated rings. The largest absolute Gasteiger partial charge is 0.357 e. The third kappa shape index (κ3) is 9.93. The van der Waals surface area contributed by atoms with Crippen molar-refractivity contribution in [1.82, 2.24) is 16.0 Å².